The number of Topliss-reactive ketones (excluding diaryl/α,β-unsaturated/α-hetero) is 1. The molecule has 0 saturated heterocycles. The molecule has 0 aliphatic carbocycles. The predicted molar refractivity (Wildman–Crippen MR) is 138 cm³/mol. The summed E-state index contributed by atoms with van der Waals surface area (Å²) in [6.07, 6.45) is 3.22. The molecule has 0 spiro atoms. The van der Waals surface area contributed by atoms with E-state index in [2.05, 4.69) is 18.7 Å². The predicted octanol–water partition coefficient (Wildman–Crippen LogP) is 5.26. The fourth-order valence-electron chi connectivity index (χ4n) is 3.95. The van der Waals surface area contributed by atoms with Gasteiger partial charge in [-0.15, -0.1) is 0 Å². The van der Waals surface area contributed by atoms with E-state index in [0.717, 1.165) is 11.7 Å². The molecule has 178 valence electrons. The maximum atomic E-state index is 13.8. The largest absolute Gasteiger partial charge is 0.495 e. The monoisotopic (exact) mass is 516 g/mol. The maximum absolute atomic E-state index is 13.8. The Hall–Kier alpha value is -4.21. The fraction of sp³-hybridized carbons (Fsp3) is 0.0769. The van der Waals surface area contributed by atoms with Crippen molar-refractivity contribution in [2.75, 3.05) is 7.11 Å². The highest BCUT2D eigenvalue weighted by Crippen LogP contribution is 2.31. The number of carbonyl (C=O) groups is 2. The van der Waals surface area contributed by atoms with Crippen molar-refractivity contribution in [1.29, 1.82) is 0 Å². The second-order valence-electron chi connectivity index (χ2n) is 7.86. The Labute approximate surface area is 214 Å². The van der Waals surface area contributed by atoms with E-state index in [0.29, 0.717) is 38.9 Å². The number of ketones is 1. The fourth-order valence-corrected chi connectivity index (χ4v) is 4.73. The molecule has 0 radical (unpaired) electrons. The second kappa shape index (κ2) is 9.80. The number of aromatic nitrogens is 4. The number of aliphatic carboxylic acids is 1. The summed E-state index contributed by atoms with van der Waals surface area (Å²) < 4.78 is 13.6. The number of hydrogen-bond acceptors (Lipinski definition) is 8. The van der Waals surface area contributed by atoms with Gasteiger partial charge in [0.05, 0.1) is 40.5 Å². The smallest absolute Gasteiger partial charge is 0.336 e. The molecule has 5 rings (SSSR count). The zero-order valence-corrected chi connectivity index (χ0v) is 20.4. The highest BCUT2D eigenvalue weighted by atomic mass is 35.5. The average molecular weight is 517 g/mol. The maximum Gasteiger partial charge on any atom is 0.336 e. The number of benzene rings is 3. The molecule has 0 bridgehead atoms. The molecular formula is C26H17ClN4O4S. The molecule has 8 nitrogen and oxygen atoms in total. The van der Waals surface area contributed by atoms with E-state index in [4.69, 9.17) is 16.3 Å². The van der Waals surface area contributed by atoms with Gasteiger partial charge >= 0.3 is 5.97 Å². The lowest BCUT2D eigenvalue weighted by molar-refractivity contribution is -0.130. The van der Waals surface area contributed by atoms with Crippen LogP contribution in [0.1, 0.15) is 21.5 Å². The minimum absolute atomic E-state index is 0.0456. The van der Waals surface area contributed by atoms with Crippen LogP contribution in [0.4, 0.5) is 0 Å². The quantitative estimate of drug-likeness (QED) is 0.230. The van der Waals surface area contributed by atoms with Crippen LogP contribution in [0, 0.1) is 0 Å². The summed E-state index contributed by atoms with van der Waals surface area (Å²) >= 11 is 7.31. The number of ether oxygens (including phenoxy) is 1. The Morgan fingerprint density at radius 1 is 0.889 bits per heavy atom. The first-order valence-electron chi connectivity index (χ1n) is 10.7. The van der Waals surface area contributed by atoms with Crippen molar-refractivity contribution in [2.24, 2.45) is 0 Å². The van der Waals surface area contributed by atoms with Gasteiger partial charge in [-0.3, -0.25) is 14.8 Å². The topological polar surface area (TPSA) is 115 Å². The highest BCUT2D eigenvalue weighted by molar-refractivity contribution is 7.00. The van der Waals surface area contributed by atoms with Gasteiger partial charge in [0.1, 0.15) is 16.8 Å². The van der Waals surface area contributed by atoms with Gasteiger partial charge in [-0.05, 0) is 53.6 Å². The molecule has 3 aromatic carbocycles. The van der Waals surface area contributed by atoms with E-state index in [1.54, 1.807) is 60.9 Å². The average Bonchev–Trinajstić information content (AvgIpc) is 3.35. The summed E-state index contributed by atoms with van der Waals surface area (Å²) in [4.78, 5) is 35.0. The molecule has 0 aliphatic rings. The molecule has 0 fully saturated rings. The molecule has 0 atom stereocenters. The van der Waals surface area contributed by atoms with Crippen molar-refractivity contribution in [3.05, 3.63) is 94.3 Å². The van der Waals surface area contributed by atoms with Gasteiger partial charge in [0.2, 0.25) is 0 Å². The van der Waals surface area contributed by atoms with E-state index in [-0.39, 0.29) is 28.2 Å². The van der Waals surface area contributed by atoms with Crippen LogP contribution in [-0.4, -0.2) is 42.7 Å². The molecule has 2 aromatic heterocycles. The van der Waals surface area contributed by atoms with E-state index in [1.165, 1.54) is 13.2 Å². The third kappa shape index (κ3) is 4.53. The van der Waals surface area contributed by atoms with Gasteiger partial charge in [0.15, 0.2) is 5.78 Å². The first kappa shape index (κ1) is 23.5. The van der Waals surface area contributed by atoms with Gasteiger partial charge in [-0.2, -0.15) is 8.75 Å². The van der Waals surface area contributed by atoms with Gasteiger partial charge in [0, 0.05) is 30.0 Å². The molecule has 0 unspecified atom stereocenters. The summed E-state index contributed by atoms with van der Waals surface area (Å²) in [6.45, 7) is 0. The number of nitrogens with zero attached hydrogens (tertiary/aromatic N) is 4. The number of allylic oxidation sites excluding steroid dienone is 1. The molecule has 0 amide bonds. The minimum Gasteiger partial charge on any atom is -0.495 e. The highest BCUT2D eigenvalue weighted by Gasteiger charge is 2.25. The first-order chi connectivity index (χ1) is 17.4. The number of fused-ring (bicyclic) bond motifs is 2. The van der Waals surface area contributed by atoms with Crippen molar-refractivity contribution < 1.29 is 19.4 Å². The van der Waals surface area contributed by atoms with E-state index >= 15 is 0 Å². The molecule has 36 heavy (non-hydrogen) atoms. The van der Waals surface area contributed by atoms with Crippen molar-refractivity contribution in [3.63, 3.8) is 0 Å². The Balaban J connectivity index is 1.69. The van der Waals surface area contributed by atoms with Crippen molar-refractivity contribution in [2.45, 2.75) is 6.42 Å². The van der Waals surface area contributed by atoms with Crippen LogP contribution in [0.3, 0.4) is 0 Å². The summed E-state index contributed by atoms with van der Waals surface area (Å²) in [5, 5.41) is 10.5. The standard InChI is InChI=1S/C26H17ClN4O4S/c1-35-23-7-4-16(12-18(23)27)25(32)17(10-14-2-5-19-21(11-14)29-9-8-28-19)24(26(33)34)15-3-6-20-22(13-15)31-36-30-20/h2-9,11-13H,10H2,1H3,(H,33,34). The lowest BCUT2D eigenvalue weighted by atomic mass is 9.89. The van der Waals surface area contributed by atoms with Gasteiger partial charge in [0.25, 0.3) is 0 Å². The summed E-state index contributed by atoms with van der Waals surface area (Å²) in [7, 11) is 1.47. The summed E-state index contributed by atoms with van der Waals surface area (Å²) in [5.74, 6) is -1.29. The molecular weight excluding hydrogens is 500 g/mol. The first-order valence-corrected chi connectivity index (χ1v) is 11.8. The van der Waals surface area contributed by atoms with Crippen molar-refractivity contribution >= 4 is 62.7 Å². The van der Waals surface area contributed by atoms with Crippen LogP contribution in [0.25, 0.3) is 27.6 Å². The number of halogens is 1. The number of carboxylic acids is 1. The third-order valence-electron chi connectivity index (χ3n) is 5.66. The number of carbonyl (C=O) groups excluding carboxylic acids is 1. The number of carboxylic acid groups (broad SMARTS) is 1. The number of rotatable bonds is 7. The molecule has 10 heteroatoms. The zero-order valence-electron chi connectivity index (χ0n) is 18.8. The normalized spacial score (nSPS) is 11.9. The van der Waals surface area contributed by atoms with Gasteiger partial charge < -0.3 is 9.84 Å². The van der Waals surface area contributed by atoms with E-state index in [1.807, 2.05) is 0 Å². The Morgan fingerprint density at radius 2 is 1.61 bits per heavy atom. The van der Waals surface area contributed by atoms with E-state index < -0.39 is 11.8 Å². The van der Waals surface area contributed by atoms with Crippen molar-refractivity contribution in [1.82, 2.24) is 18.7 Å². The third-order valence-corrected chi connectivity index (χ3v) is 6.51. The van der Waals surface area contributed by atoms with Crippen LogP contribution < -0.4 is 4.74 Å². The Kier molecular flexibility index (Phi) is 6.41. The van der Waals surface area contributed by atoms with Crippen LogP contribution in [-0.2, 0) is 11.2 Å². The van der Waals surface area contributed by atoms with E-state index in [9.17, 15) is 14.7 Å². The molecule has 2 heterocycles. The molecule has 0 aliphatic heterocycles. The second-order valence-corrected chi connectivity index (χ2v) is 8.80. The van der Waals surface area contributed by atoms with Gasteiger partial charge in [-0.1, -0.05) is 23.7 Å². The zero-order chi connectivity index (χ0) is 25.2. The van der Waals surface area contributed by atoms with Crippen LogP contribution in [0.15, 0.2) is 72.6 Å². The Morgan fingerprint density at radius 3 is 2.36 bits per heavy atom. The summed E-state index contributed by atoms with van der Waals surface area (Å²) in [5.41, 5.74) is 3.81. The van der Waals surface area contributed by atoms with Crippen LogP contribution in [0.2, 0.25) is 5.02 Å². The lowest BCUT2D eigenvalue weighted by Crippen LogP contribution is -2.14. The lowest BCUT2D eigenvalue weighted by Gasteiger charge is -2.14. The van der Waals surface area contributed by atoms with Crippen molar-refractivity contribution in [3.8, 4) is 5.75 Å². The van der Waals surface area contributed by atoms with Gasteiger partial charge in [-0.25, -0.2) is 4.79 Å². The molecule has 1 N–H and O–H groups in total. The SMILES string of the molecule is COc1ccc(C(=O)C(Cc2ccc3nccnc3c2)=C(C(=O)O)c2ccc3nsnc3c2)cc1Cl. The van der Waals surface area contributed by atoms with Crippen LogP contribution >= 0.6 is 23.3 Å². The number of hydrogen-bond donors (Lipinski definition) is 1. The minimum atomic E-state index is -1.24. The molecule has 0 saturated carbocycles. The molecule has 5 aromatic rings. The number of methoxy groups -OCH3 is 1. The van der Waals surface area contributed by atoms with Crippen LogP contribution in [0.5, 0.6) is 5.75 Å². The summed E-state index contributed by atoms with van der Waals surface area (Å²) in [6, 6.07) is 14.9. The Bertz CT molecular complexity index is 1680.